The molecule has 0 saturated carbocycles. The first kappa shape index (κ1) is 15.6. The van der Waals surface area contributed by atoms with Gasteiger partial charge in [-0.2, -0.15) is 0 Å². The Labute approximate surface area is 143 Å². The van der Waals surface area contributed by atoms with Crippen LogP contribution in [-0.4, -0.2) is 29.4 Å². The number of hydrogen-bond donors (Lipinski definition) is 2. The molecule has 1 fully saturated rings. The summed E-state index contributed by atoms with van der Waals surface area (Å²) >= 11 is 0. The van der Waals surface area contributed by atoms with Gasteiger partial charge in [-0.05, 0) is 43.2 Å². The van der Waals surface area contributed by atoms with Crippen LogP contribution in [-0.2, 0) is 0 Å². The Morgan fingerprint density at radius 1 is 1.08 bits per heavy atom. The van der Waals surface area contributed by atoms with Gasteiger partial charge < -0.3 is 15.0 Å². The number of aromatic nitrogens is 1. The number of nitrogens with zero attached hydrogens (tertiary/aromatic N) is 2. The molecule has 1 aliphatic rings. The maximum Gasteiger partial charge on any atom is 0.198 e. The van der Waals surface area contributed by atoms with E-state index >= 15 is 0 Å². The highest BCUT2D eigenvalue weighted by Gasteiger charge is 2.16. The topological polar surface area (TPSA) is 51.6 Å². The van der Waals surface area contributed by atoms with Crippen molar-refractivity contribution in [1.82, 2.24) is 4.98 Å². The van der Waals surface area contributed by atoms with Crippen molar-refractivity contribution >= 4 is 28.5 Å². The normalized spacial score (nSPS) is 14.9. The molecule has 0 aliphatic carbocycles. The minimum atomic E-state index is -0.392. The SMILES string of the molecule is Oc1[nH]c2cc(F)ccc2c1C=Nc1ccc(N2CCCC2)c(F)c1. The first-order chi connectivity index (χ1) is 12.1. The highest BCUT2D eigenvalue weighted by molar-refractivity contribution is 6.02. The van der Waals surface area contributed by atoms with E-state index in [2.05, 4.69) is 9.98 Å². The third-order valence-electron chi connectivity index (χ3n) is 4.50. The van der Waals surface area contributed by atoms with Crippen molar-refractivity contribution in [2.45, 2.75) is 12.8 Å². The fraction of sp³-hybridized carbons (Fsp3) is 0.211. The van der Waals surface area contributed by atoms with Crippen LogP contribution in [0.3, 0.4) is 0 Å². The molecule has 1 saturated heterocycles. The van der Waals surface area contributed by atoms with Gasteiger partial charge in [0.25, 0.3) is 0 Å². The first-order valence-corrected chi connectivity index (χ1v) is 8.20. The number of aromatic amines is 1. The Bertz CT molecular complexity index is 959. The lowest BCUT2D eigenvalue weighted by atomic mass is 10.2. The maximum atomic E-state index is 14.3. The number of anilines is 1. The average molecular weight is 341 g/mol. The van der Waals surface area contributed by atoms with E-state index in [-0.39, 0.29) is 11.7 Å². The van der Waals surface area contributed by atoms with Crippen LogP contribution in [0.25, 0.3) is 10.9 Å². The Balaban J connectivity index is 1.64. The number of benzene rings is 2. The Kier molecular flexibility index (Phi) is 3.87. The number of aromatic hydroxyl groups is 1. The molecule has 128 valence electrons. The highest BCUT2D eigenvalue weighted by atomic mass is 19.1. The van der Waals surface area contributed by atoms with Crippen molar-refractivity contribution in [3.63, 3.8) is 0 Å². The third kappa shape index (κ3) is 2.95. The van der Waals surface area contributed by atoms with Crippen molar-refractivity contribution < 1.29 is 13.9 Å². The van der Waals surface area contributed by atoms with Crippen LogP contribution in [0, 0.1) is 11.6 Å². The van der Waals surface area contributed by atoms with Gasteiger partial charge >= 0.3 is 0 Å². The van der Waals surface area contributed by atoms with Crippen LogP contribution in [0.2, 0.25) is 0 Å². The molecule has 2 N–H and O–H groups in total. The van der Waals surface area contributed by atoms with Crippen LogP contribution in [0.4, 0.5) is 20.2 Å². The zero-order valence-electron chi connectivity index (χ0n) is 13.5. The van der Waals surface area contributed by atoms with Crippen molar-refractivity contribution in [2.75, 3.05) is 18.0 Å². The number of nitrogens with one attached hydrogen (secondary N) is 1. The Hall–Kier alpha value is -2.89. The summed E-state index contributed by atoms with van der Waals surface area (Å²) in [7, 11) is 0. The molecular weight excluding hydrogens is 324 g/mol. The highest BCUT2D eigenvalue weighted by Crippen LogP contribution is 2.29. The summed E-state index contributed by atoms with van der Waals surface area (Å²) in [4.78, 5) is 8.99. The number of halogens is 2. The van der Waals surface area contributed by atoms with Gasteiger partial charge in [0.2, 0.25) is 0 Å². The van der Waals surface area contributed by atoms with Crippen molar-refractivity contribution in [3.05, 3.63) is 53.6 Å². The molecular formula is C19H17F2N3O. The van der Waals surface area contributed by atoms with Gasteiger partial charge in [-0.15, -0.1) is 0 Å². The van der Waals surface area contributed by atoms with Crippen LogP contribution >= 0.6 is 0 Å². The third-order valence-corrected chi connectivity index (χ3v) is 4.50. The number of aliphatic imine (C=N–C) groups is 1. The van der Waals surface area contributed by atoms with E-state index in [0.717, 1.165) is 25.9 Å². The molecule has 0 bridgehead atoms. The van der Waals surface area contributed by atoms with E-state index < -0.39 is 5.82 Å². The first-order valence-electron chi connectivity index (χ1n) is 8.20. The van der Waals surface area contributed by atoms with Crippen LogP contribution < -0.4 is 4.90 Å². The van der Waals surface area contributed by atoms with Crippen LogP contribution in [0.1, 0.15) is 18.4 Å². The Morgan fingerprint density at radius 3 is 2.64 bits per heavy atom. The molecule has 2 aromatic carbocycles. The molecule has 0 amide bonds. The second-order valence-corrected chi connectivity index (χ2v) is 6.17. The summed E-state index contributed by atoms with van der Waals surface area (Å²) in [6, 6.07) is 9.06. The summed E-state index contributed by atoms with van der Waals surface area (Å²) in [5.74, 6) is -0.794. The monoisotopic (exact) mass is 341 g/mol. The largest absolute Gasteiger partial charge is 0.494 e. The second kappa shape index (κ2) is 6.20. The Morgan fingerprint density at radius 2 is 1.88 bits per heavy atom. The fourth-order valence-electron chi connectivity index (χ4n) is 3.24. The molecule has 6 heteroatoms. The van der Waals surface area contributed by atoms with Gasteiger partial charge in [-0.3, -0.25) is 4.99 Å². The minimum absolute atomic E-state index is 0.0986. The average Bonchev–Trinajstić information content (AvgIpc) is 3.20. The standard InChI is InChI=1S/C19H17F2N3O/c20-12-3-5-14-15(19(25)23-17(14)9-12)11-22-13-4-6-18(16(21)10-13)24-7-1-2-8-24/h3-6,9-11,23,25H,1-2,7-8H2. The summed E-state index contributed by atoms with van der Waals surface area (Å²) in [5.41, 5.74) is 1.98. The lowest BCUT2D eigenvalue weighted by molar-refractivity contribution is 0.457. The predicted octanol–water partition coefficient (Wildman–Crippen LogP) is 4.50. The van der Waals surface area contributed by atoms with E-state index in [1.165, 1.54) is 24.4 Å². The van der Waals surface area contributed by atoms with E-state index in [1.54, 1.807) is 18.2 Å². The molecule has 2 heterocycles. The predicted molar refractivity (Wildman–Crippen MR) is 95.0 cm³/mol. The van der Waals surface area contributed by atoms with Crippen molar-refractivity contribution in [3.8, 4) is 5.88 Å². The molecule has 1 aliphatic heterocycles. The number of hydrogen-bond acceptors (Lipinski definition) is 3. The molecule has 25 heavy (non-hydrogen) atoms. The smallest absolute Gasteiger partial charge is 0.198 e. The molecule has 0 unspecified atom stereocenters. The second-order valence-electron chi connectivity index (χ2n) is 6.17. The van der Waals surface area contributed by atoms with Gasteiger partial charge in [-0.25, -0.2) is 8.78 Å². The zero-order valence-corrected chi connectivity index (χ0v) is 13.5. The molecule has 0 atom stereocenters. The van der Waals surface area contributed by atoms with Crippen LogP contribution in [0.5, 0.6) is 5.88 Å². The van der Waals surface area contributed by atoms with Crippen molar-refractivity contribution in [1.29, 1.82) is 0 Å². The summed E-state index contributed by atoms with van der Waals surface area (Å²) in [6.07, 6.45) is 3.62. The molecule has 0 radical (unpaired) electrons. The van der Waals surface area contributed by atoms with Gasteiger partial charge in [-0.1, -0.05) is 0 Å². The van der Waals surface area contributed by atoms with E-state index in [1.807, 2.05) is 4.90 Å². The minimum Gasteiger partial charge on any atom is -0.494 e. The summed E-state index contributed by atoms with van der Waals surface area (Å²) in [6.45, 7) is 1.75. The molecule has 4 nitrogen and oxygen atoms in total. The number of H-pyrrole nitrogens is 1. The maximum absolute atomic E-state index is 14.3. The van der Waals surface area contributed by atoms with E-state index in [0.29, 0.717) is 27.8 Å². The van der Waals surface area contributed by atoms with Gasteiger partial charge in [0.1, 0.15) is 11.6 Å². The number of fused-ring (bicyclic) bond motifs is 1. The van der Waals surface area contributed by atoms with Gasteiger partial charge in [0.05, 0.1) is 22.5 Å². The number of rotatable bonds is 3. The molecule has 3 aromatic rings. The molecule has 1 aromatic heterocycles. The van der Waals surface area contributed by atoms with Crippen molar-refractivity contribution in [2.24, 2.45) is 4.99 Å². The lowest BCUT2D eigenvalue weighted by Crippen LogP contribution is -2.18. The van der Waals surface area contributed by atoms with Crippen LogP contribution in [0.15, 0.2) is 41.4 Å². The van der Waals surface area contributed by atoms with E-state index in [4.69, 9.17) is 0 Å². The van der Waals surface area contributed by atoms with Gasteiger partial charge in [0, 0.05) is 30.8 Å². The quantitative estimate of drug-likeness (QED) is 0.689. The summed E-state index contributed by atoms with van der Waals surface area (Å²) in [5, 5.41) is 10.6. The summed E-state index contributed by atoms with van der Waals surface area (Å²) < 4.78 is 27.6. The lowest BCUT2D eigenvalue weighted by Gasteiger charge is -2.18. The fourth-order valence-corrected chi connectivity index (χ4v) is 3.24. The van der Waals surface area contributed by atoms with E-state index in [9.17, 15) is 13.9 Å². The zero-order chi connectivity index (χ0) is 17.4. The molecule has 4 rings (SSSR count). The molecule has 0 spiro atoms. The van der Waals surface area contributed by atoms with Gasteiger partial charge in [0.15, 0.2) is 5.88 Å².